The largest absolute Gasteiger partial charge is 0.477 e. The first-order chi connectivity index (χ1) is 12.1. The Morgan fingerprint density at radius 3 is 2.28 bits per heavy atom. The minimum atomic E-state index is -1.29. The first-order valence-corrected chi connectivity index (χ1v) is 7.46. The van der Waals surface area contributed by atoms with Crippen LogP contribution in [0.1, 0.15) is 16.2 Å². The van der Waals surface area contributed by atoms with Gasteiger partial charge in [0, 0.05) is 17.2 Å². The van der Waals surface area contributed by atoms with Crippen molar-refractivity contribution in [1.29, 1.82) is 0 Å². The predicted molar refractivity (Wildman–Crippen MR) is 91.5 cm³/mol. The second kappa shape index (κ2) is 7.27. The lowest BCUT2D eigenvalue weighted by Crippen LogP contribution is -2.27. The minimum Gasteiger partial charge on any atom is -0.477 e. The monoisotopic (exact) mass is 334 g/mol. The van der Waals surface area contributed by atoms with E-state index in [0.29, 0.717) is 11.3 Å². The van der Waals surface area contributed by atoms with Crippen molar-refractivity contribution in [2.24, 2.45) is 0 Å². The summed E-state index contributed by atoms with van der Waals surface area (Å²) < 4.78 is 5.54. The number of nitrogens with one attached hydrogen (secondary N) is 1. The van der Waals surface area contributed by atoms with Crippen LogP contribution in [0.3, 0.4) is 0 Å². The van der Waals surface area contributed by atoms with Crippen molar-refractivity contribution in [3.8, 4) is 11.3 Å². The van der Waals surface area contributed by atoms with Gasteiger partial charge >= 0.3 is 5.97 Å². The molecule has 0 bridgehead atoms. The summed E-state index contributed by atoms with van der Waals surface area (Å²) in [6.45, 7) is 0. The van der Waals surface area contributed by atoms with Crippen molar-refractivity contribution in [2.45, 2.75) is 0 Å². The van der Waals surface area contributed by atoms with Gasteiger partial charge in [0.2, 0.25) is 5.89 Å². The Balaban J connectivity index is 1.82. The number of oxazole rings is 1. The molecule has 0 aliphatic rings. The number of aliphatic carboxylic acids is 1. The Kier molecular flexibility index (Phi) is 4.71. The van der Waals surface area contributed by atoms with Gasteiger partial charge in [-0.05, 0) is 12.1 Å². The van der Waals surface area contributed by atoms with Gasteiger partial charge < -0.3 is 14.8 Å². The zero-order valence-electron chi connectivity index (χ0n) is 13.0. The Morgan fingerprint density at radius 2 is 1.64 bits per heavy atom. The van der Waals surface area contributed by atoms with Crippen LogP contribution in [0.5, 0.6) is 0 Å². The molecule has 0 saturated heterocycles. The van der Waals surface area contributed by atoms with Crippen molar-refractivity contribution >= 4 is 18.0 Å². The van der Waals surface area contributed by atoms with Crippen LogP contribution >= 0.6 is 0 Å². The van der Waals surface area contributed by atoms with Crippen molar-refractivity contribution in [1.82, 2.24) is 10.3 Å². The second-order valence-electron chi connectivity index (χ2n) is 5.11. The fourth-order valence-corrected chi connectivity index (χ4v) is 2.15. The summed E-state index contributed by atoms with van der Waals surface area (Å²) in [5.74, 6) is -1.22. The van der Waals surface area contributed by atoms with E-state index in [4.69, 9.17) is 4.42 Å². The van der Waals surface area contributed by atoms with E-state index in [-0.39, 0.29) is 11.6 Å². The lowest BCUT2D eigenvalue weighted by molar-refractivity contribution is -0.132. The van der Waals surface area contributed by atoms with Gasteiger partial charge in [0.15, 0.2) is 5.76 Å². The Morgan fingerprint density at radius 1 is 1.00 bits per heavy atom. The fourth-order valence-electron chi connectivity index (χ4n) is 2.15. The number of hydrogen-bond acceptors (Lipinski definition) is 4. The molecule has 3 rings (SSSR count). The van der Waals surface area contributed by atoms with Crippen molar-refractivity contribution in [2.75, 3.05) is 0 Å². The highest BCUT2D eigenvalue weighted by atomic mass is 16.4. The Bertz CT molecular complexity index is 915. The Labute approximate surface area is 143 Å². The average molecular weight is 334 g/mol. The van der Waals surface area contributed by atoms with Crippen molar-refractivity contribution in [3.05, 3.63) is 84.0 Å². The number of aromatic nitrogens is 1. The third-order valence-electron chi connectivity index (χ3n) is 3.36. The number of carboxylic acid groups (broad SMARTS) is 1. The van der Waals surface area contributed by atoms with Gasteiger partial charge in [-0.1, -0.05) is 48.5 Å². The molecule has 0 atom stereocenters. The van der Waals surface area contributed by atoms with E-state index in [2.05, 4.69) is 10.3 Å². The third kappa shape index (κ3) is 4.00. The fraction of sp³-hybridized carbons (Fsp3) is 0. The van der Waals surface area contributed by atoms with E-state index in [1.807, 2.05) is 30.3 Å². The van der Waals surface area contributed by atoms with E-state index in [1.165, 1.54) is 12.3 Å². The van der Waals surface area contributed by atoms with Crippen LogP contribution in [0.2, 0.25) is 0 Å². The lowest BCUT2D eigenvalue weighted by Gasteiger charge is -2.05. The summed E-state index contributed by atoms with van der Waals surface area (Å²) in [6, 6.07) is 17.6. The summed E-state index contributed by atoms with van der Waals surface area (Å²) >= 11 is 0. The highest BCUT2D eigenvalue weighted by Gasteiger charge is 2.15. The Hall–Kier alpha value is -3.67. The predicted octanol–water partition coefficient (Wildman–Crippen LogP) is 3.20. The molecule has 124 valence electrons. The number of carboxylic acids is 1. The van der Waals surface area contributed by atoms with Crippen LogP contribution < -0.4 is 5.32 Å². The summed E-state index contributed by atoms with van der Waals surface area (Å²) in [6.07, 6.45) is 2.68. The summed E-state index contributed by atoms with van der Waals surface area (Å²) in [5, 5.41) is 11.7. The van der Waals surface area contributed by atoms with Crippen LogP contribution in [0.4, 0.5) is 0 Å². The maximum atomic E-state index is 12.1. The van der Waals surface area contributed by atoms with Crippen LogP contribution in [0, 0.1) is 0 Å². The summed E-state index contributed by atoms with van der Waals surface area (Å²) in [7, 11) is 0. The topological polar surface area (TPSA) is 92.4 Å². The highest BCUT2D eigenvalue weighted by Crippen LogP contribution is 2.20. The number of amides is 1. The van der Waals surface area contributed by atoms with Crippen molar-refractivity contribution in [3.63, 3.8) is 0 Å². The molecule has 6 nitrogen and oxygen atoms in total. The van der Waals surface area contributed by atoms with E-state index >= 15 is 0 Å². The minimum absolute atomic E-state index is 0.0876. The lowest BCUT2D eigenvalue weighted by atomic mass is 10.2. The average Bonchev–Trinajstić information content (AvgIpc) is 3.11. The normalized spacial score (nSPS) is 11.1. The van der Waals surface area contributed by atoms with Crippen molar-refractivity contribution < 1.29 is 19.1 Å². The molecule has 3 aromatic rings. The zero-order valence-corrected chi connectivity index (χ0v) is 13.0. The molecule has 6 heteroatoms. The van der Waals surface area contributed by atoms with E-state index < -0.39 is 11.9 Å². The molecule has 1 aromatic heterocycles. The van der Waals surface area contributed by atoms with Crippen LogP contribution in [-0.4, -0.2) is 22.0 Å². The maximum absolute atomic E-state index is 12.1. The van der Waals surface area contributed by atoms with Gasteiger partial charge in [0.1, 0.15) is 5.70 Å². The molecular weight excluding hydrogens is 320 g/mol. The van der Waals surface area contributed by atoms with E-state index in [9.17, 15) is 14.7 Å². The molecule has 0 unspecified atom stereocenters. The second-order valence-corrected chi connectivity index (χ2v) is 5.11. The number of nitrogens with zero attached hydrogens (tertiary/aromatic N) is 1. The highest BCUT2D eigenvalue weighted by molar-refractivity contribution is 6.02. The molecule has 2 aromatic carbocycles. The van der Waals surface area contributed by atoms with Crippen LogP contribution in [0.25, 0.3) is 17.4 Å². The standard InChI is InChI=1S/C19H14N2O4/c22-18(14-9-5-2-6-10-14)21-15(19(23)24)11-17-20-12-16(25-17)13-7-3-1-4-8-13/h1-12H,(H,21,22)(H,23,24). The zero-order chi connectivity index (χ0) is 17.6. The van der Waals surface area contributed by atoms with Gasteiger partial charge in [0.05, 0.1) is 6.20 Å². The van der Waals surface area contributed by atoms with E-state index in [1.54, 1.807) is 30.3 Å². The number of carbonyl (C=O) groups excluding carboxylic acids is 1. The maximum Gasteiger partial charge on any atom is 0.352 e. The molecule has 0 aliphatic heterocycles. The molecule has 25 heavy (non-hydrogen) atoms. The smallest absolute Gasteiger partial charge is 0.352 e. The number of benzene rings is 2. The molecular formula is C19H14N2O4. The van der Waals surface area contributed by atoms with Gasteiger partial charge in [-0.3, -0.25) is 4.79 Å². The molecule has 0 saturated carbocycles. The van der Waals surface area contributed by atoms with E-state index in [0.717, 1.165) is 5.56 Å². The van der Waals surface area contributed by atoms with Gasteiger partial charge in [0.25, 0.3) is 5.91 Å². The van der Waals surface area contributed by atoms with Crippen LogP contribution in [-0.2, 0) is 4.79 Å². The molecule has 1 amide bonds. The summed E-state index contributed by atoms with van der Waals surface area (Å²) in [5.41, 5.74) is 0.849. The molecule has 0 spiro atoms. The van der Waals surface area contributed by atoms with Gasteiger partial charge in [-0.15, -0.1) is 0 Å². The number of carbonyl (C=O) groups is 2. The number of hydrogen-bond donors (Lipinski definition) is 2. The summed E-state index contributed by atoms with van der Waals surface area (Å²) in [4.78, 5) is 27.5. The van der Waals surface area contributed by atoms with Gasteiger partial charge in [-0.2, -0.15) is 0 Å². The van der Waals surface area contributed by atoms with Crippen LogP contribution in [0.15, 0.2) is 77.0 Å². The number of rotatable bonds is 5. The SMILES string of the molecule is O=C(O)C(=Cc1ncc(-c2ccccc2)o1)NC(=O)c1ccccc1. The third-order valence-corrected chi connectivity index (χ3v) is 3.36. The molecule has 0 radical (unpaired) electrons. The van der Waals surface area contributed by atoms with Gasteiger partial charge in [-0.25, -0.2) is 9.78 Å². The molecule has 0 fully saturated rings. The first kappa shape index (κ1) is 16.2. The quantitative estimate of drug-likeness (QED) is 0.699. The first-order valence-electron chi connectivity index (χ1n) is 7.46. The molecule has 2 N–H and O–H groups in total. The molecule has 1 heterocycles. The molecule has 0 aliphatic carbocycles.